The zero-order chi connectivity index (χ0) is 24.2. The second-order valence-electron chi connectivity index (χ2n) is 7.57. The van der Waals surface area contributed by atoms with Crippen LogP contribution in [0.5, 0.6) is 28.9 Å². The monoisotopic (exact) mass is 462 g/mol. The molecule has 0 bridgehead atoms. The fourth-order valence-electron chi connectivity index (χ4n) is 4.00. The van der Waals surface area contributed by atoms with Crippen LogP contribution in [0.1, 0.15) is 30.4 Å². The maximum atomic E-state index is 9.99. The quantitative estimate of drug-likeness (QED) is 0.512. The summed E-state index contributed by atoms with van der Waals surface area (Å²) in [5.74, 6) is 1.87. The van der Waals surface area contributed by atoms with Gasteiger partial charge in [-0.05, 0) is 48.4 Å². The first kappa shape index (κ1) is 22.9. The van der Waals surface area contributed by atoms with E-state index in [1.807, 2.05) is 24.3 Å². The fraction of sp³-hybridized carbons (Fsp3) is 0.280. The van der Waals surface area contributed by atoms with E-state index in [0.29, 0.717) is 46.6 Å². The third-order valence-corrected chi connectivity index (χ3v) is 5.58. The van der Waals surface area contributed by atoms with Gasteiger partial charge in [0, 0.05) is 5.56 Å². The summed E-state index contributed by atoms with van der Waals surface area (Å²) < 4.78 is 27.9. The summed E-state index contributed by atoms with van der Waals surface area (Å²) in [5, 5.41) is 17.4. The van der Waals surface area contributed by atoms with Gasteiger partial charge in [-0.15, -0.1) is 5.10 Å². The summed E-state index contributed by atoms with van der Waals surface area (Å²) >= 11 is 0. The van der Waals surface area contributed by atoms with Crippen molar-refractivity contribution < 1.29 is 23.7 Å². The number of ether oxygens (including phenoxy) is 5. The molecule has 0 radical (unpaired) electrons. The molecule has 9 nitrogen and oxygen atoms in total. The van der Waals surface area contributed by atoms with Crippen LogP contribution in [-0.4, -0.2) is 38.1 Å². The molecule has 176 valence electrons. The van der Waals surface area contributed by atoms with Crippen molar-refractivity contribution >= 4 is 0 Å². The number of nitrogens with zero attached hydrogens (tertiary/aromatic N) is 2. The Bertz CT molecular complexity index is 1230. The second-order valence-corrected chi connectivity index (χ2v) is 7.57. The molecular formula is C25H26N4O5. The van der Waals surface area contributed by atoms with Gasteiger partial charge in [0.25, 0.3) is 0 Å². The SMILES string of the molecule is CCCOc1ccc(-c2[nH]nc3c2C(c2cc(OC)c(OC)c(OC)c2)C(C#N)=C(N)O3)cc1. The maximum Gasteiger partial charge on any atom is 0.244 e. The number of methoxy groups -OCH3 is 3. The Morgan fingerprint density at radius 1 is 1.09 bits per heavy atom. The number of aromatic amines is 1. The minimum absolute atomic E-state index is 0.00452. The van der Waals surface area contributed by atoms with E-state index >= 15 is 0 Å². The van der Waals surface area contributed by atoms with Crippen molar-refractivity contribution in [1.29, 1.82) is 5.26 Å². The van der Waals surface area contributed by atoms with Gasteiger partial charge < -0.3 is 29.4 Å². The van der Waals surface area contributed by atoms with Crippen LogP contribution in [-0.2, 0) is 0 Å². The maximum absolute atomic E-state index is 9.99. The molecule has 3 N–H and O–H groups in total. The number of aromatic nitrogens is 2. The second kappa shape index (κ2) is 9.67. The molecule has 34 heavy (non-hydrogen) atoms. The van der Waals surface area contributed by atoms with Crippen molar-refractivity contribution in [2.75, 3.05) is 27.9 Å². The lowest BCUT2D eigenvalue weighted by atomic mass is 9.82. The fourth-order valence-corrected chi connectivity index (χ4v) is 4.00. The van der Waals surface area contributed by atoms with Crippen LogP contribution in [0.3, 0.4) is 0 Å². The number of benzene rings is 2. The Morgan fingerprint density at radius 3 is 2.32 bits per heavy atom. The minimum atomic E-state index is -0.577. The zero-order valence-corrected chi connectivity index (χ0v) is 19.5. The van der Waals surface area contributed by atoms with E-state index in [4.69, 9.17) is 29.4 Å². The Morgan fingerprint density at radius 2 is 1.76 bits per heavy atom. The highest BCUT2D eigenvalue weighted by atomic mass is 16.5. The van der Waals surface area contributed by atoms with Crippen LogP contribution in [0.4, 0.5) is 0 Å². The molecule has 0 amide bonds. The number of allylic oxidation sites excluding steroid dienone is 1. The molecule has 0 saturated heterocycles. The van der Waals surface area contributed by atoms with Crippen LogP contribution in [0.2, 0.25) is 0 Å². The zero-order valence-electron chi connectivity index (χ0n) is 19.5. The van der Waals surface area contributed by atoms with Crippen LogP contribution < -0.4 is 29.4 Å². The highest BCUT2D eigenvalue weighted by Crippen LogP contribution is 2.49. The van der Waals surface area contributed by atoms with Gasteiger partial charge in [-0.3, -0.25) is 5.10 Å². The summed E-state index contributed by atoms with van der Waals surface area (Å²) in [6, 6.07) is 13.4. The van der Waals surface area contributed by atoms with Crippen molar-refractivity contribution in [2.24, 2.45) is 5.73 Å². The topological polar surface area (TPSA) is 125 Å². The van der Waals surface area contributed by atoms with Crippen LogP contribution in [0.25, 0.3) is 11.3 Å². The Hall–Kier alpha value is -4.32. The molecule has 2 heterocycles. The van der Waals surface area contributed by atoms with E-state index < -0.39 is 5.92 Å². The van der Waals surface area contributed by atoms with E-state index in [9.17, 15) is 5.26 Å². The lowest BCUT2D eigenvalue weighted by Gasteiger charge is -2.25. The highest BCUT2D eigenvalue weighted by Gasteiger charge is 2.36. The first-order valence-corrected chi connectivity index (χ1v) is 10.7. The smallest absolute Gasteiger partial charge is 0.244 e. The highest BCUT2D eigenvalue weighted by molar-refractivity contribution is 5.72. The molecule has 1 aliphatic rings. The average molecular weight is 463 g/mol. The lowest BCUT2D eigenvalue weighted by Crippen LogP contribution is -2.21. The Balaban J connectivity index is 1.87. The van der Waals surface area contributed by atoms with E-state index in [-0.39, 0.29) is 11.5 Å². The van der Waals surface area contributed by atoms with Gasteiger partial charge >= 0.3 is 0 Å². The van der Waals surface area contributed by atoms with Gasteiger partial charge in [-0.1, -0.05) is 6.92 Å². The predicted molar refractivity (Wildman–Crippen MR) is 125 cm³/mol. The van der Waals surface area contributed by atoms with Crippen LogP contribution in [0.15, 0.2) is 47.9 Å². The van der Waals surface area contributed by atoms with Crippen molar-refractivity contribution in [3.05, 3.63) is 59.0 Å². The van der Waals surface area contributed by atoms with Gasteiger partial charge in [0.05, 0.1) is 45.1 Å². The predicted octanol–water partition coefficient (Wildman–Crippen LogP) is 4.11. The summed E-state index contributed by atoms with van der Waals surface area (Å²) in [4.78, 5) is 0. The van der Waals surface area contributed by atoms with Gasteiger partial charge in [0.2, 0.25) is 17.5 Å². The van der Waals surface area contributed by atoms with Crippen molar-refractivity contribution in [3.8, 4) is 46.2 Å². The third-order valence-electron chi connectivity index (χ3n) is 5.58. The number of fused-ring (bicyclic) bond motifs is 1. The number of nitrogens with one attached hydrogen (secondary N) is 1. The Kier molecular flexibility index (Phi) is 6.50. The minimum Gasteiger partial charge on any atom is -0.494 e. The van der Waals surface area contributed by atoms with Crippen molar-refractivity contribution in [2.45, 2.75) is 19.3 Å². The van der Waals surface area contributed by atoms with Gasteiger partial charge in [-0.25, -0.2) is 0 Å². The van der Waals surface area contributed by atoms with Gasteiger partial charge in [0.1, 0.15) is 17.4 Å². The van der Waals surface area contributed by atoms with E-state index in [1.165, 1.54) is 21.3 Å². The number of rotatable bonds is 8. The number of nitrogens with two attached hydrogens (primary N) is 1. The van der Waals surface area contributed by atoms with Crippen molar-refractivity contribution in [3.63, 3.8) is 0 Å². The molecule has 0 fully saturated rings. The molecule has 9 heteroatoms. The normalized spacial score (nSPS) is 14.6. The molecule has 1 unspecified atom stereocenters. The number of nitriles is 1. The van der Waals surface area contributed by atoms with Crippen molar-refractivity contribution in [1.82, 2.24) is 10.2 Å². The molecule has 1 atom stereocenters. The number of H-pyrrole nitrogens is 1. The van der Waals surface area contributed by atoms with Gasteiger partial charge in [-0.2, -0.15) is 5.26 Å². The molecule has 0 saturated carbocycles. The molecule has 1 aliphatic heterocycles. The summed E-state index contributed by atoms with van der Waals surface area (Å²) in [5.41, 5.74) is 9.33. The largest absolute Gasteiger partial charge is 0.494 e. The number of hydrogen-bond donors (Lipinski definition) is 2. The van der Waals surface area contributed by atoms with E-state index in [0.717, 1.165) is 17.7 Å². The molecule has 1 aromatic heterocycles. The molecule has 2 aromatic carbocycles. The summed E-state index contributed by atoms with van der Waals surface area (Å²) in [6.45, 7) is 2.70. The Labute approximate surface area is 197 Å². The number of hydrogen-bond acceptors (Lipinski definition) is 8. The first-order chi connectivity index (χ1) is 16.6. The van der Waals surface area contributed by atoms with Crippen LogP contribution in [0, 0.1) is 11.3 Å². The molecule has 0 aliphatic carbocycles. The molecular weight excluding hydrogens is 436 g/mol. The standard InChI is InChI=1S/C25H26N4O5/c1-5-10-33-16-8-6-14(7-9-16)22-21-20(17(13-26)24(27)34-25(21)29-28-22)15-11-18(30-2)23(32-4)19(12-15)31-3/h6-9,11-12,20H,5,10,27H2,1-4H3,(H,28,29). The summed E-state index contributed by atoms with van der Waals surface area (Å²) in [7, 11) is 4.61. The third kappa shape index (κ3) is 3.94. The molecule has 0 spiro atoms. The van der Waals surface area contributed by atoms with Gasteiger partial charge in [0.15, 0.2) is 11.5 Å². The average Bonchev–Trinajstić information content (AvgIpc) is 3.29. The lowest BCUT2D eigenvalue weighted by molar-refractivity contribution is 0.317. The summed E-state index contributed by atoms with van der Waals surface area (Å²) in [6.07, 6.45) is 0.925. The molecule has 4 rings (SSSR count). The molecule has 3 aromatic rings. The first-order valence-electron chi connectivity index (χ1n) is 10.7. The van der Waals surface area contributed by atoms with E-state index in [1.54, 1.807) is 12.1 Å². The van der Waals surface area contributed by atoms with Crippen LogP contribution >= 0.6 is 0 Å². The van der Waals surface area contributed by atoms with E-state index in [2.05, 4.69) is 23.2 Å².